The molecule has 20 heteroatoms. The van der Waals surface area contributed by atoms with Gasteiger partial charge in [0.1, 0.15) is 64.1 Å². The van der Waals surface area contributed by atoms with Crippen molar-refractivity contribution in [2.45, 2.75) is 556 Å². The van der Waals surface area contributed by atoms with Crippen molar-refractivity contribution < 1.29 is 95.3 Å². The molecule has 4 unspecified atom stereocenters. The molecule has 4 atom stereocenters. The zero-order valence-electron chi connectivity index (χ0n) is 81.6. The number of hydrogen-bond donors (Lipinski definition) is 0. The summed E-state index contributed by atoms with van der Waals surface area (Å²) in [6.07, 6.45) is 62.4. The van der Waals surface area contributed by atoms with Crippen molar-refractivity contribution in [2.24, 2.45) is 10.8 Å². The largest absolute Gasteiger partial charge is 0.465 e. The molecule has 20 nitrogen and oxygen atoms in total. The van der Waals surface area contributed by atoms with E-state index in [2.05, 4.69) is 27.7 Å². The van der Waals surface area contributed by atoms with E-state index in [-0.39, 0.29) is 126 Å². The maximum atomic E-state index is 13.7. The summed E-state index contributed by atoms with van der Waals surface area (Å²) in [5.41, 5.74) is -2.19. The van der Waals surface area contributed by atoms with Crippen LogP contribution < -0.4 is 0 Å². The SMILES string of the molecule is CCCCCCCCCC(CCCCCCCC(=O)OCC(CC)(COC(=O)CCCCCCCC(CCCCCCCCC)OC(=O)CCC)COC(=O)CCC(=O)OCC(CC)(COC(=O)CCCCCCCC(CCCCCCCCC)OC(=O)CCC)COC(=O)CCCCCCCC(CCCCCCCCC)OC(=O)CCC)OC(=O)CCC. The second-order valence-electron chi connectivity index (χ2n) is 36.5. The fourth-order valence-electron chi connectivity index (χ4n) is 15.7. The molecule has 0 aromatic heterocycles. The normalized spacial score (nSPS) is 13.3. The lowest BCUT2D eigenvalue weighted by Crippen LogP contribution is -2.39. The zero-order chi connectivity index (χ0) is 91.3. The summed E-state index contributed by atoms with van der Waals surface area (Å²) in [5.74, 6) is -3.59. The van der Waals surface area contributed by atoms with Crippen LogP contribution in [0, 0.1) is 10.8 Å². The molecule has 0 aliphatic carbocycles. The molecule has 0 spiro atoms. The van der Waals surface area contributed by atoms with Gasteiger partial charge in [-0.1, -0.05) is 300 Å². The third-order valence-corrected chi connectivity index (χ3v) is 24.4. The molecule has 0 heterocycles. The lowest BCUT2D eigenvalue weighted by atomic mass is 9.87. The second kappa shape index (κ2) is 85.8. The smallest absolute Gasteiger partial charge is 0.306 e. The van der Waals surface area contributed by atoms with Gasteiger partial charge < -0.3 is 47.4 Å². The second-order valence-corrected chi connectivity index (χ2v) is 36.5. The fraction of sp³-hybridized carbons (Fsp3) is 0.904. The van der Waals surface area contributed by atoms with Crippen molar-refractivity contribution in [1.29, 1.82) is 0 Å². The number of carbonyl (C=O) groups excluding carboxylic acids is 10. The van der Waals surface area contributed by atoms with Crippen LogP contribution in [0.4, 0.5) is 0 Å². The molecule has 0 aromatic carbocycles. The fourth-order valence-corrected chi connectivity index (χ4v) is 15.7. The molecule has 726 valence electrons. The summed E-state index contributed by atoms with van der Waals surface area (Å²) in [5, 5.41) is 0. The van der Waals surface area contributed by atoms with Crippen LogP contribution in [0.3, 0.4) is 0 Å². The summed E-state index contributed by atoms with van der Waals surface area (Å²) in [7, 11) is 0. The highest BCUT2D eigenvalue weighted by Crippen LogP contribution is 2.30. The molecule has 0 radical (unpaired) electrons. The van der Waals surface area contributed by atoms with Crippen molar-refractivity contribution in [3.63, 3.8) is 0 Å². The van der Waals surface area contributed by atoms with Crippen LogP contribution in [0.2, 0.25) is 0 Å². The van der Waals surface area contributed by atoms with Crippen LogP contribution in [-0.4, -0.2) is 124 Å². The monoisotopic (exact) mass is 1760 g/mol. The Morgan fingerprint density at radius 1 is 0.161 bits per heavy atom. The molecule has 0 aliphatic heterocycles. The number of unbranched alkanes of at least 4 members (excludes halogenated alkanes) is 40. The predicted molar refractivity (Wildman–Crippen MR) is 499 cm³/mol. The molecule has 0 saturated heterocycles. The molecule has 0 N–H and O–H groups in total. The van der Waals surface area contributed by atoms with E-state index in [0.717, 1.165) is 231 Å². The first-order valence-corrected chi connectivity index (χ1v) is 52.0. The summed E-state index contributed by atoms with van der Waals surface area (Å²) in [6, 6.07) is 0. The molecular formula is C104H190O20. The molecular weight excluding hydrogens is 1570 g/mol. The van der Waals surface area contributed by atoms with E-state index in [0.29, 0.717) is 64.2 Å². The van der Waals surface area contributed by atoms with Crippen molar-refractivity contribution in [1.82, 2.24) is 0 Å². The lowest BCUT2D eigenvalue weighted by molar-refractivity contribution is -0.167. The minimum atomic E-state index is -1.10. The Bertz CT molecular complexity index is 2270. The average molecular weight is 1760 g/mol. The molecule has 0 aromatic rings. The average Bonchev–Trinajstić information content (AvgIpc) is 0.864. The highest BCUT2D eigenvalue weighted by molar-refractivity contribution is 5.78. The maximum absolute atomic E-state index is 13.7. The van der Waals surface area contributed by atoms with E-state index in [1.165, 1.54) is 128 Å². The number of hydrogen-bond acceptors (Lipinski definition) is 20. The van der Waals surface area contributed by atoms with Crippen LogP contribution in [0.1, 0.15) is 532 Å². The van der Waals surface area contributed by atoms with E-state index in [4.69, 9.17) is 47.4 Å². The number of ether oxygens (including phenoxy) is 10. The minimum absolute atomic E-state index is 0.0735. The Balaban J connectivity index is 6.24. The van der Waals surface area contributed by atoms with Gasteiger partial charge in [0.15, 0.2) is 0 Å². The molecule has 0 aliphatic rings. The van der Waals surface area contributed by atoms with Crippen molar-refractivity contribution in [2.75, 3.05) is 39.6 Å². The van der Waals surface area contributed by atoms with Crippen molar-refractivity contribution >= 4 is 59.7 Å². The number of rotatable bonds is 93. The van der Waals surface area contributed by atoms with Crippen molar-refractivity contribution in [3.05, 3.63) is 0 Å². The Hall–Kier alpha value is -5.30. The summed E-state index contributed by atoms with van der Waals surface area (Å²) < 4.78 is 59.1. The van der Waals surface area contributed by atoms with Gasteiger partial charge in [-0.2, -0.15) is 0 Å². The highest BCUT2D eigenvalue weighted by Gasteiger charge is 2.37. The van der Waals surface area contributed by atoms with Crippen LogP contribution >= 0.6 is 0 Å². The topological polar surface area (TPSA) is 263 Å². The Morgan fingerprint density at radius 2 is 0.306 bits per heavy atom. The molecule has 0 fully saturated rings. The van der Waals surface area contributed by atoms with Gasteiger partial charge in [0.2, 0.25) is 0 Å². The van der Waals surface area contributed by atoms with Gasteiger partial charge >= 0.3 is 59.7 Å². The first-order chi connectivity index (χ1) is 60.2. The van der Waals surface area contributed by atoms with E-state index in [1.54, 1.807) is 0 Å². The standard InChI is InChI=1S/C104H190O20/c1-11-21-25-29-33-41-53-69-89(121-99(111)65-15-5)73-57-45-37-49-61-77-93(105)115-83-103(19-9,84-116-94(106)78-62-50-38-46-58-74-90(122-100(112)66-16-6)70-54-42-34-30-26-22-12-2)87-119-97(109)81-82-98(110)120-88-104(20-10,85-117-95(107)79-63-51-39-47-59-75-91(123-101(113)67-17-7)71-55-43-35-31-27-23-13-3)86-118-96(108)80-64-52-40-48-60-76-92(124-102(114)68-18-8)72-56-44-36-32-28-24-14-4/h89-92H,11-88H2,1-10H3. The third-order valence-electron chi connectivity index (χ3n) is 24.4. The summed E-state index contributed by atoms with van der Waals surface area (Å²) in [6.45, 7) is 19.3. The van der Waals surface area contributed by atoms with Crippen LogP contribution in [0.5, 0.6) is 0 Å². The molecule has 124 heavy (non-hydrogen) atoms. The van der Waals surface area contributed by atoms with Crippen LogP contribution in [-0.2, 0) is 95.3 Å². The molecule has 0 rings (SSSR count). The summed E-state index contributed by atoms with van der Waals surface area (Å²) in [4.78, 5) is 131. The van der Waals surface area contributed by atoms with E-state index >= 15 is 0 Å². The van der Waals surface area contributed by atoms with E-state index in [9.17, 15) is 47.9 Å². The zero-order valence-corrected chi connectivity index (χ0v) is 81.6. The van der Waals surface area contributed by atoms with Gasteiger partial charge in [0, 0.05) is 51.4 Å². The number of carbonyl (C=O) groups is 10. The minimum Gasteiger partial charge on any atom is -0.465 e. The van der Waals surface area contributed by atoms with Gasteiger partial charge in [-0.15, -0.1) is 0 Å². The molecule has 0 saturated carbocycles. The van der Waals surface area contributed by atoms with Gasteiger partial charge in [0.25, 0.3) is 0 Å². The molecule has 0 bridgehead atoms. The summed E-state index contributed by atoms with van der Waals surface area (Å²) >= 11 is 0. The van der Waals surface area contributed by atoms with E-state index < -0.39 is 46.6 Å². The third kappa shape index (κ3) is 73.6. The predicted octanol–water partition coefficient (Wildman–Crippen LogP) is 28.2. The Labute approximate surface area is 757 Å². The first kappa shape index (κ1) is 119. The van der Waals surface area contributed by atoms with Crippen LogP contribution in [0.25, 0.3) is 0 Å². The lowest BCUT2D eigenvalue weighted by Gasteiger charge is -2.31. The first-order valence-electron chi connectivity index (χ1n) is 52.0. The molecule has 0 amide bonds. The Morgan fingerprint density at radius 3 is 0.460 bits per heavy atom. The highest BCUT2D eigenvalue weighted by atomic mass is 16.6. The van der Waals surface area contributed by atoms with Crippen LogP contribution in [0.15, 0.2) is 0 Å². The van der Waals surface area contributed by atoms with Gasteiger partial charge in [-0.05, 0) is 167 Å². The quantitative estimate of drug-likeness (QED) is 0.0311. The Kier molecular flexibility index (Phi) is 82.1. The number of esters is 10. The van der Waals surface area contributed by atoms with Gasteiger partial charge in [-0.3, -0.25) is 47.9 Å². The van der Waals surface area contributed by atoms with Gasteiger partial charge in [0.05, 0.1) is 23.7 Å². The van der Waals surface area contributed by atoms with E-state index in [1.807, 2.05) is 41.5 Å². The van der Waals surface area contributed by atoms with Gasteiger partial charge in [-0.25, -0.2) is 0 Å². The maximum Gasteiger partial charge on any atom is 0.306 e. The van der Waals surface area contributed by atoms with Crippen molar-refractivity contribution in [3.8, 4) is 0 Å².